The number of thioether (sulfide) groups is 1. The summed E-state index contributed by atoms with van der Waals surface area (Å²) in [6.45, 7) is 2.95. The van der Waals surface area contributed by atoms with Crippen LogP contribution in [0, 0.1) is 0 Å². The Morgan fingerprint density at radius 1 is 1.18 bits per heavy atom. The fourth-order valence-electron chi connectivity index (χ4n) is 2.99. The molecule has 0 amide bonds. The predicted octanol–water partition coefficient (Wildman–Crippen LogP) is 4.00. The molecule has 2 aromatic carbocycles. The summed E-state index contributed by atoms with van der Waals surface area (Å²) in [4.78, 5) is 6.06. The van der Waals surface area contributed by atoms with Gasteiger partial charge in [0, 0.05) is 25.5 Å². The highest BCUT2D eigenvalue weighted by atomic mass is 32.2. The number of nitrogens with zero attached hydrogens (tertiary/aromatic N) is 3. The number of aromatic nitrogens is 2. The van der Waals surface area contributed by atoms with E-state index in [4.69, 9.17) is 9.72 Å². The summed E-state index contributed by atoms with van der Waals surface area (Å²) in [5.41, 5.74) is 1.65. The van der Waals surface area contributed by atoms with Crippen molar-refractivity contribution in [1.82, 2.24) is 13.9 Å². The molecule has 3 rings (SSSR count). The largest absolute Gasteiger partial charge is 0.496 e. The van der Waals surface area contributed by atoms with E-state index in [9.17, 15) is 8.42 Å². The number of fused-ring (bicyclic) bond motifs is 1. The molecule has 28 heavy (non-hydrogen) atoms. The van der Waals surface area contributed by atoms with E-state index in [1.165, 1.54) is 18.4 Å². The van der Waals surface area contributed by atoms with Crippen LogP contribution in [-0.4, -0.2) is 43.5 Å². The van der Waals surface area contributed by atoms with Gasteiger partial charge >= 0.3 is 0 Å². The number of para-hydroxylation sites is 1. The zero-order chi connectivity index (χ0) is 20.3. The van der Waals surface area contributed by atoms with Gasteiger partial charge in [-0.15, -0.1) is 11.8 Å². The van der Waals surface area contributed by atoms with Crippen molar-refractivity contribution in [2.45, 2.75) is 35.4 Å². The Morgan fingerprint density at radius 2 is 1.93 bits per heavy atom. The fourth-order valence-corrected chi connectivity index (χ4v) is 4.89. The molecule has 0 spiro atoms. The number of benzene rings is 2. The van der Waals surface area contributed by atoms with Gasteiger partial charge in [0.25, 0.3) is 0 Å². The Hall–Kier alpha value is -2.03. The standard InChI is InChI=1S/C20H25N3O3S2/c1-5-12-23-17-11-10-15(28(24,25)22(2)3)13-16(17)21-20(23)14-27-19-9-7-6-8-18(19)26-4/h6-11,13H,5,12,14H2,1-4H3. The maximum absolute atomic E-state index is 12.4. The zero-order valence-electron chi connectivity index (χ0n) is 16.5. The van der Waals surface area contributed by atoms with Crippen LogP contribution < -0.4 is 4.74 Å². The second-order valence-electron chi connectivity index (χ2n) is 6.56. The van der Waals surface area contributed by atoms with Gasteiger partial charge in [-0.05, 0) is 36.8 Å². The summed E-state index contributed by atoms with van der Waals surface area (Å²) in [6, 6.07) is 13.1. The lowest BCUT2D eigenvalue weighted by Crippen LogP contribution is -2.22. The summed E-state index contributed by atoms with van der Waals surface area (Å²) in [5, 5.41) is 0. The monoisotopic (exact) mass is 419 g/mol. The quantitative estimate of drug-likeness (QED) is 0.517. The molecule has 0 aliphatic rings. The molecule has 0 unspecified atom stereocenters. The summed E-state index contributed by atoms with van der Waals surface area (Å²) < 4.78 is 33.7. The second-order valence-corrected chi connectivity index (χ2v) is 9.73. The van der Waals surface area contributed by atoms with Crippen molar-refractivity contribution in [1.29, 1.82) is 0 Å². The Morgan fingerprint density at radius 3 is 2.61 bits per heavy atom. The predicted molar refractivity (Wildman–Crippen MR) is 113 cm³/mol. The van der Waals surface area contributed by atoms with E-state index >= 15 is 0 Å². The van der Waals surface area contributed by atoms with E-state index in [1.54, 1.807) is 31.0 Å². The molecule has 0 fully saturated rings. The third kappa shape index (κ3) is 4.04. The molecule has 0 radical (unpaired) electrons. The van der Waals surface area contributed by atoms with Crippen LogP contribution in [0.5, 0.6) is 5.75 Å². The van der Waals surface area contributed by atoms with Crippen LogP contribution in [0.3, 0.4) is 0 Å². The first kappa shape index (κ1) is 20.7. The second kappa shape index (κ2) is 8.55. The number of hydrogen-bond acceptors (Lipinski definition) is 5. The van der Waals surface area contributed by atoms with Crippen LogP contribution in [0.15, 0.2) is 52.3 Å². The summed E-state index contributed by atoms with van der Waals surface area (Å²) >= 11 is 1.66. The number of ether oxygens (including phenoxy) is 1. The topological polar surface area (TPSA) is 64.4 Å². The van der Waals surface area contributed by atoms with E-state index < -0.39 is 10.0 Å². The van der Waals surface area contributed by atoms with Crippen LogP contribution in [-0.2, 0) is 22.3 Å². The Balaban J connectivity index is 1.98. The third-order valence-electron chi connectivity index (χ3n) is 4.45. The average molecular weight is 420 g/mol. The first-order valence-corrected chi connectivity index (χ1v) is 11.5. The lowest BCUT2D eigenvalue weighted by molar-refractivity contribution is 0.405. The van der Waals surface area contributed by atoms with Crippen molar-refractivity contribution >= 4 is 32.8 Å². The molecule has 0 atom stereocenters. The molecule has 0 saturated carbocycles. The molecule has 0 aliphatic heterocycles. The van der Waals surface area contributed by atoms with Gasteiger partial charge in [0.1, 0.15) is 11.6 Å². The lowest BCUT2D eigenvalue weighted by Gasteiger charge is -2.11. The Bertz CT molecular complexity index is 1080. The van der Waals surface area contributed by atoms with Crippen molar-refractivity contribution in [3.63, 3.8) is 0 Å². The van der Waals surface area contributed by atoms with Crippen LogP contribution in [0.2, 0.25) is 0 Å². The molecule has 1 aromatic heterocycles. The van der Waals surface area contributed by atoms with Gasteiger partial charge in [-0.1, -0.05) is 19.1 Å². The van der Waals surface area contributed by atoms with Crippen molar-refractivity contribution < 1.29 is 13.2 Å². The first-order valence-electron chi connectivity index (χ1n) is 9.06. The van der Waals surface area contributed by atoms with Gasteiger partial charge < -0.3 is 9.30 Å². The number of rotatable bonds is 8. The third-order valence-corrected chi connectivity index (χ3v) is 7.31. The molecule has 0 N–H and O–H groups in total. The highest BCUT2D eigenvalue weighted by Gasteiger charge is 2.20. The Kier molecular flexibility index (Phi) is 6.32. The molecule has 1 heterocycles. The summed E-state index contributed by atoms with van der Waals surface area (Å²) in [7, 11) is 1.24. The minimum Gasteiger partial charge on any atom is -0.496 e. The van der Waals surface area contributed by atoms with E-state index in [0.717, 1.165) is 35.0 Å². The molecule has 8 heteroatoms. The van der Waals surface area contributed by atoms with E-state index in [-0.39, 0.29) is 4.90 Å². The van der Waals surface area contributed by atoms with Crippen LogP contribution >= 0.6 is 11.8 Å². The van der Waals surface area contributed by atoms with Crippen molar-refractivity contribution in [3.8, 4) is 5.75 Å². The molecule has 6 nitrogen and oxygen atoms in total. The van der Waals surface area contributed by atoms with Gasteiger partial charge in [-0.3, -0.25) is 0 Å². The van der Waals surface area contributed by atoms with E-state index in [2.05, 4.69) is 11.5 Å². The molecular formula is C20H25N3O3S2. The molecule has 3 aromatic rings. The van der Waals surface area contributed by atoms with Crippen LogP contribution in [0.4, 0.5) is 0 Å². The van der Waals surface area contributed by atoms with Crippen molar-refractivity contribution in [2.75, 3.05) is 21.2 Å². The molecular weight excluding hydrogens is 394 g/mol. The SMILES string of the molecule is CCCn1c(CSc2ccccc2OC)nc2cc(S(=O)(=O)N(C)C)ccc21. The minimum absolute atomic E-state index is 0.259. The average Bonchev–Trinajstić information content (AvgIpc) is 3.03. The zero-order valence-corrected chi connectivity index (χ0v) is 18.2. The number of sulfonamides is 1. The summed E-state index contributed by atoms with van der Waals surface area (Å²) in [5.74, 6) is 2.43. The number of aryl methyl sites for hydroxylation is 1. The minimum atomic E-state index is -3.49. The van der Waals surface area contributed by atoms with Gasteiger partial charge in [0.15, 0.2) is 0 Å². The van der Waals surface area contributed by atoms with E-state index in [1.807, 2.05) is 30.3 Å². The highest BCUT2D eigenvalue weighted by Crippen LogP contribution is 2.32. The fraction of sp³-hybridized carbons (Fsp3) is 0.350. The molecule has 150 valence electrons. The number of methoxy groups -OCH3 is 1. The Labute approximate surface area is 170 Å². The normalized spacial score (nSPS) is 12.0. The highest BCUT2D eigenvalue weighted by molar-refractivity contribution is 7.98. The van der Waals surface area contributed by atoms with Gasteiger partial charge in [-0.2, -0.15) is 0 Å². The first-order chi connectivity index (χ1) is 13.4. The van der Waals surface area contributed by atoms with Gasteiger partial charge in [-0.25, -0.2) is 17.7 Å². The molecule has 0 saturated heterocycles. The van der Waals surface area contributed by atoms with Crippen molar-refractivity contribution in [3.05, 3.63) is 48.3 Å². The molecule has 0 bridgehead atoms. The maximum atomic E-state index is 12.4. The molecule has 0 aliphatic carbocycles. The van der Waals surface area contributed by atoms with E-state index in [0.29, 0.717) is 11.3 Å². The summed E-state index contributed by atoms with van der Waals surface area (Å²) in [6.07, 6.45) is 0.968. The lowest BCUT2D eigenvalue weighted by atomic mass is 10.3. The number of hydrogen-bond donors (Lipinski definition) is 0. The van der Waals surface area contributed by atoms with Gasteiger partial charge in [0.2, 0.25) is 10.0 Å². The number of imidazole rings is 1. The smallest absolute Gasteiger partial charge is 0.242 e. The maximum Gasteiger partial charge on any atom is 0.242 e. The van der Waals surface area contributed by atoms with Crippen LogP contribution in [0.1, 0.15) is 19.2 Å². The van der Waals surface area contributed by atoms with Crippen molar-refractivity contribution in [2.24, 2.45) is 0 Å². The van der Waals surface area contributed by atoms with Crippen LogP contribution in [0.25, 0.3) is 11.0 Å². The van der Waals surface area contributed by atoms with Gasteiger partial charge in [0.05, 0.1) is 28.8 Å².